The van der Waals surface area contributed by atoms with E-state index in [1.807, 2.05) is 24.3 Å². The second-order valence-electron chi connectivity index (χ2n) is 7.43. The molecule has 1 amide bonds. The highest BCUT2D eigenvalue weighted by Gasteiger charge is 2.28. The van der Waals surface area contributed by atoms with Gasteiger partial charge in [0, 0.05) is 17.9 Å². The zero-order chi connectivity index (χ0) is 21.5. The summed E-state index contributed by atoms with van der Waals surface area (Å²) in [6.07, 6.45) is 0.761. The van der Waals surface area contributed by atoms with Gasteiger partial charge in [-0.05, 0) is 55.7 Å². The monoisotopic (exact) mass is 422 g/mol. The smallest absolute Gasteiger partial charge is 0.270 e. The Kier molecular flexibility index (Phi) is 5.07. The minimum atomic E-state index is -4.00. The molecule has 7 heteroatoms. The number of para-hydroxylation sites is 1. The van der Waals surface area contributed by atoms with E-state index in [1.165, 1.54) is 16.7 Å². The summed E-state index contributed by atoms with van der Waals surface area (Å²) >= 11 is 0. The fourth-order valence-corrected chi connectivity index (χ4v) is 5.54. The number of carbonyl (C=O) groups excluding carboxylic acids is 1. The van der Waals surface area contributed by atoms with E-state index < -0.39 is 15.4 Å². The van der Waals surface area contributed by atoms with Crippen molar-refractivity contribution in [1.82, 2.24) is 4.57 Å². The number of carbonyl (C=O) groups is 1. The predicted molar refractivity (Wildman–Crippen MR) is 115 cm³/mol. The molecule has 0 atom stereocenters. The summed E-state index contributed by atoms with van der Waals surface area (Å²) in [6.45, 7) is 3.65. The van der Waals surface area contributed by atoms with E-state index in [4.69, 9.17) is 0 Å². The number of aryl methyl sites for hydroxylation is 2. The van der Waals surface area contributed by atoms with Gasteiger partial charge in [0.05, 0.1) is 4.90 Å². The number of sulfone groups is 1. The second kappa shape index (κ2) is 7.57. The van der Waals surface area contributed by atoms with Crippen LogP contribution in [0.2, 0.25) is 0 Å². The lowest BCUT2D eigenvalue weighted by molar-refractivity contribution is -0.119. The summed E-state index contributed by atoms with van der Waals surface area (Å²) in [5.41, 5.74) is 2.18. The SMILES string of the molecule is Cc1cc(C)n(CC(=O)N2CCc3ccccc32)c(=O)c1S(=O)(=O)c1ccccc1. The fraction of sp³-hybridized carbons (Fsp3) is 0.217. The van der Waals surface area contributed by atoms with E-state index in [0.717, 1.165) is 17.7 Å². The second-order valence-corrected chi connectivity index (χ2v) is 9.32. The molecule has 0 saturated carbocycles. The van der Waals surface area contributed by atoms with Gasteiger partial charge >= 0.3 is 0 Å². The summed E-state index contributed by atoms with van der Waals surface area (Å²) in [5.74, 6) is -0.239. The minimum Gasteiger partial charge on any atom is -0.310 e. The Morgan fingerprint density at radius 2 is 1.67 bits per heavy atom. The highest BCUT2D eigenvalue weighted by atomic mass is 32.2. The first-order chi connectivity index (χ1) is 14.3. The molecule has 0 spiro atoms. The Hall–Kier alpha value is -3.19. The number of pyridine rings is 1. The van der Waals surface area contributed by atoms with Gasteiger partial charge in [-0.15, -0.1) is 0 Å². The molecule has 1 aromatic heterocycles. The lowest BCUT2D eigenvalue weighted by atomic mass is 10.2. The zero-order valence-corrected chi connectivity index (χ0v) is 17.6. The maximum absolute atomic E-state index is 13.2. The largest absolute Gasteiger partial charge is 0.310 e. The summed E-state index contributed by atoms with van der Waals surface area (Å²) in [4.78, 5) is 27.7. The van der Waals surface area contributed by atoms with Crippen LogP contribution in [0.15, 0.2) is 75.2 Å². The number of rotatable bonds is 4. The van der Waals surface area contributed by atoms with Crippen LogP contribution in [0.5, 0.6) is 0 Å². The van der Waals surface area contributed by atoms with Gasteiger partial charge < -0.3 is 9.47 Å². The van der Waals surface area contributed by atoms with E-state index >= 15 is 0 Å². The van der Waals surface area contributed by atoms with Crippen LogP contribution in [0, 0.1) is 13.8 Å². The van der Waals surface area contributed by atoms with Crippen molar-refractivity contribution < 1.29 is 13.2 Å². The van der Waals surface area contributed by atoms with Crippen molar-refractivity contribution in [2.24, 2.45) is 0 Å². The van der Waals surface area contributed by atoms with E-state index in [1.54, 1.807) is 43.0 Å². The number of fused-ring (bicyclic) bond motifs is 1. The van der Waals surface area contributed by atoms with Crippen LogP contribution in [0.25, 0.3) is 0 Å². The van der Waals surface area contributed by atoms with Gasteiger partial charge in [-0.25, -0.2) is 8.42 Å². The first-order valence-corrected chi connectivity index (χ1v) is 11.2. The molecule has 0 N–H and O–H groups in total. The average molecular weight is 423 g/mol. The molecule has 0 saturated heterocycles. The van der Waals surface area contributed by atoms with Crippen LogP contribution < -0.4 is 10.5 Å². The molecule has 1 aliphatic heterocycles. The molecule has 0 radical (unpaired) electrons. The summed E-state index contributed by atoms with van der Waals surface area (Å²) in [6, 6.07) is 17.2. The lowest BCUT2D eigenvalue weighted by Gasteiger charge is -2.20. The molecule has 154 valence electrons. The highest BCUT2D eigenvalue weighted by Crippen LogP contribution is 2.28. The molecule has 2 aromatic carbocycles. The van der Waals surface area contributed by atoms with Crippen molar-refractivity contribution >= 4 is 21.4 Å². The Morgan fingerprint density at radius 1 is 1.00 bits per heavy atom. The number of amides is 1. The third-order valence-corrected chi connectivity index (χ3v) is 7.38. The lowest BCUT2D eigenvalue weighted by Crippen LogP contribution is -2.37. The highest BCUT2D eigenvalue weighted by molar-refractivity contribution is 7.91. The van der Waals surface area contributed by atoms with Gasteiger partial charge in [-0.1, -0.05) is 36.4 Å². The van der Waals surface area contributed by atoms with Crippen molar-refractivity contribution in [1.29, 1.82) is 0 Å². The third kappa shape index (κ3) is 3.35. The van der Waals surface area contributed by atoms with Gasteiger partial charge in [-0.2, -0.15) is 0 Å². The van der Waals surface area contributed by atoms with Crippen molar-refractivity contribution in [2.45, 2.75) is 36.6 Å². The molecule has 3 aromatic rings. The van der Waals surface area contributed by atoms with Crippen LogP contribution in [-0.4, -0.2) is 25.4 Å². The predicted octanol–water partition coefficient (Wildman–Crippen LogP) is 2.89. The van der Waals surface area contributed by atoms with Crippen LogP contribution in [0.3, 0.4) is 0 Å². The number of hydrogen-bond acceptors (Lipinski definition) is 4. The van der Waals surface area contributed by atoms with Crippen LogP contribution >= 0.6 is 0 Å². The Morgan fingerprint density at radius 3 is 2.40 bits per heavy atom. The minimum absolute atomic E-state index is 0.0559. The molecular formula is C23H22N2O4S. The molecule has 30 heavy (non-hydrogen) atoms. The van der Waals surface area contributed by atoms with E-state index in [9.17, 15) is 18.0 Å². The zero-order valence-electron chi connectivity index (χ0n) is 16.8. The Bertz CT molecular complexity index is 1290. The number of benzene rings is 2. The molecule has 0 aliphatic carbocycles. The molecule has 0 bridgehead atoms. The molecule has 4 rings (SSSR count). The van der Waals surface area contributed by atoms with Gasteiger partial charge in [0.2, 0.25) is 15.7 Å². The van der Waals surface area contributed by atoms with E-state index in [2.05, 4.69) is 0 Å². The normalized spacial score (nSPS) is 13.3. The van der Waals surface area contributed by atoms with E-state index in [0.29, 0.717) is 17.8 Å². The Labute approximate surface area is 175 Å². The first kappa shape index (κ1) is 20.1. The molecule has 1 aliphatic rings. The quantitative estimate of drug-likeness (QED) is 0.648. The average Bonchev–Trinajstić information content (AvgIpc) is 3.15. The third-order valence-electron chi connectivity index (χ3n) is 5.45. The van der Waals surface area contributed by atoms with Crippen LogP contribution in [0.4, 0.5) is 5.69 Å². The number of nitrogens with zero attached hydrogens (tertiary/aromatic N) is 2. The number of aromatic nitrogens is 1. The number of anilines is 1. The van der Waals surface area contributed by atoms with Gasteiger partial charge in [0.1, 0.15) is 11.4 Å². The molecule has 0 unspecified atom stereocenters. The van der Waals surface area contributed by atoms with Crippen molar-refractivity contribution in [3.63, 3.8) is 0 Å². The number of hydrogen-bond donors (Lipinski definition) is 0. The summed E-state index contributed by atoms with van der Waals surface area (Å²) in [5, 5.41) is 0. The standard InChI is InChI=1S/C23H22N2O4S/c1-16-14-17(2)25(15-21(26)24-13-12-18-8-6-7-11-20(18)24)23(27)22(16)30(28,29)19-9-4-3-5-10-19/h3-11,14H,12-13,15H2,1-2H3. The molecule has 0 fully saturated rings. The fourth-order valence-electron chi connectivity index (χ4n) is 3.97. The first-order valence-electron chi connectivity index (χ1n) is 9.70. The summed E-state index contributed by atoms with van der Waals surface area (Å²) < 4.78 is 27.5. The van der Waals surface area contributed by atoms with E-state index in [-0.39, 0.29) is 22.2 Å². The topological polar surface area (TPSA) is 76.5 Å². The van der Waals surface area contributed by atoms with Gasteiger partial charge in [0.15, 0.2) is 0 Å². The van der Waals surface area contributed by atoms with Crippen molar-refractivity contribution in [3.05, 3.63) is 87.8 Å². The molecule has 2 heterocycles. The molecule has 6 nitrogen and oxygen atoms in total. The van der Waals surface area contributed by atoms with Gasteiger partial charge in [-0.3, -0.25) is 9.59 Å². The maximum atomic E-state index is 13.2. The summed E-state index contributed by atoms with van der Waals surface area (Å²) in [7, 11) is -4.00. The van der Waals surface area contributed by atoms with Crippen molar-refractivity contribution in [3.8, 4) is 0 Å². The van der Waals surface area contributed by atoms with Crippen molar-refractivity contribution in [2.75, 3.05) is 11.4 Å². The van der Waals surface area contributed by atoms with Gasteiger partial charge in [0.25, 0.3) is 5.56 Å². The molecular weight excluding hydrogens is 400 g/mol. The maximum Gasteiger partial charge on any atom is 0.270 e. The Balaban J connectivity index is 1.75. The van der Waals surface area contributed by atoms with Crippen LogP contribution in [-0.2, 0) is 27.6 Å². The van der Waals surface area contributed by atoms with Crippen LogP contribution in [0.1, 0.15) is 16.8 Å².